The number of carbonyl (C=O) groups is 2. The number of rotatable bonds is 20. The SMILES string of the molecule is O=C(CC(Cn1cnc(CCCc2ccc3c(n2)NCCC3)c1)c1ccccc1)OC(=O)CC(Cc1ccccc1)C(C1=COCO1)n1ccc(CCCc2ccc3c(n2)NCCC3)n1. The van der Waals surface area contributed by atoms with Crippen LogP contribution in [0.5, 0.6) is 0 Å². The van der Waals surface area contributed by atoms with Crippen molar-refractivity contribution in [2.24, 2.45) is 5.92 Å². The van der Waals surface area contributed by atoms with Gasteiger partial charge in [0.2, 0.25) is 6.79 Å². The van der Waals surface area contributed by atoms with Crippen molar-refractivity contribution in [3.8, 4) is 0 Å². The van der Waals surface area contributed by atoms with Gasteiger partial charge in [-0.15, -0.1) is 0 Å². The summed E-state index contributed by atoms with van der Waals surface area (Å²) in [6, 6.07) is 30.1. The van der Waals surface area contributed by atoms with Crippen LogP contribution >= 0.6 is 0 Å². The van der Waals surface area contributed by atoms with Gasteiger partial charge in [-0.25, -0.2) is 15.0 Å². The smallest absolute Gasteiger partial charge is 0.314 e. The average molecular weight is 875 g/mol. The maximum absolute atomic E-state index is 13.9. The summed E-state index contributed by atoms with van der Waals surface area (Å²) < 4.78 is 21.1. The first-order valence-electron chi connectivity index (χ1n) is 23.3. The second-order valence-corrected chi connectivity index (χ2v) is 17.4. The van der Waals surface area contributed by atoms with E-state index in [0.717, 1.165) is 123 Å². The Balaban J connectivity index is 0.842. The summed E-state index contributed by atoms with van der Waals surface area (Å²) in [5, 5.41) is 11.9. The number of allylic oxidation sites excluding steroid dienone is 1. The van der Waals surface area contributed by atoms with Gasteiger partial charge >= 0.3 is 11.9 Å². The Kier molecular flexibility index (Phi) is 14.2. The zero-order valence-electron chi connectivity index (χ0n) is 36.9. The van der Waals surface area contributed by atoms with Gasteiger partial charge < -0.3 is 29.4 Å². The van der Waals surface area contributed by atoms with E-state index in [1.165, 1.54) is 11.1 Å². The van der Waals surface area contributed by atoms with Crippen LogP contribution in [0.25, 0.3) is 0 Å². The molecule has 3 aliphatic heterocycles. The predicted molar refractivity (Wildman–Crippen MR) is 248 cm³/mol. The van der Waals surface area contributed by atoms with E-state index in [1.807, 2.05) is 88.5 Å². The number of hydrogen-bond acceptors (Lipinski definition) is 11. The molecule has 13 nitrogen and oxygen atoms in total. The lowest BCUT2D eigenvalue weighted by molar-refractivity contribution is -0.160. The van der Waals surface area contributed by atoms with Crippen LogP contribution < -0.4 is 10.6 Å². The lowest BCUT2D eigenvalue weighted by Gasteiger charge is -2.27. The number of carbonyl (C=O) groups excluding carboxylic acids is 2. The van der Waals surface area contributed by atoms with Crippen molar-refractivity contribution >= 4 is 23.6 Å². The first-order chi connectivity index (χ1) is 32.0. The van der Waals surface area contributed by atoms with Crippen LogP contribution in [0, 0.1) is 5.92 Å². The first-order valence-corrected chi connectivity index (χ1v) is 23.3. The summed E-state index contributed by atoms with van der Waals surface area (Å²) in [5.41, 5.74) is 8.67. The first kappa shape index (κ1) is 43.5. The molecule has 0 saturated heterocycles. The number of fused-ring (bicyclic) bond motifs is 2. The molecule has 0 saturated carbocycles. The molecule has 0 radical (unpaired) electrons. The van der Waals surface area contributed by atoms with Gasteiger partial charge in [0.15, 0.2) is 5.76 Å². The predicted octanol–water partition coefficient (Wildman–Crippen LogP) is 8.52. The van der Waals surface area contributed by atoms with Gasteiger partial charge in [-0.1, -0.05) is 72.8 Å². The molecule has 3 aliphatic rings. The Labute approximate surface area is 380 Å². The Morgan fingerprint density at radius 3 is 2.05 bits per heavy atom. The summed E-state index contributed by atoms with van der Waals surface area (Å²) >= 11 is 0. The highest BCUT2D eigenvalue weighted by Crippen LogP contribution is 2.35. The fourth-order valence-corrected chi connectivity index (χ4v) is 9.31. The molecule has 3 atom stereocenters. The molecule has 9 rings (SSSR count). The molecule has 0 bridgehead atoms. The van der Waals surface area contributed by atoms with Gasteiger partial charge in [0.05, 0.1) is 30.6 Å². The molecule has 6 aromatic rings. The van der Waals surface area contributed by atoms with E-state index in [1.54, 1.807) is 6.26 Å². The lowest BCUT2D eigenvalue weighted by Crippen LogP contribution is -2.28. The minimum absolute atomic E-state index is 0.0240. The van der Waals surface area contributed by atoms with E-state index in [0.29, 0.717) is 18.7 Å². The number of esters is 2. The summed E-state index contributed by atoms with van der Waals surface area (Å²) in [5.74, 6) is 0.820. The molecule has 3 unspecified atom stereocenters. The zero-order valence-corrected chi connectivity index (χ0v) is 36.9. The molecule has 2 aromatic carbocycles. The highest BCUT2D eigenvalue weighted by molar-refractivity contribution is 5.86. The van der Waals surface area contributed by atoms with Gasteiger partial charge in [-0.2, -0.15) is 5.10 Å². The van der Waals surface area contributed by atoms with Gasteiger partial charge in [-0.3, -0.25) is 14.3 Å². The van der Waals surface area contributed by atoms with Crippen molar-refractivity contribution in [2.75, 3.05) is 30.5 Å². The van der Waals surface area contributed by atoms with E-state index in [4.69, 9.17) is 34.3 Å². The Hall–Kier alpha value is -6.76. The zero-order chi connectivity index (χ0) is 44.2. The maximum Gasteiger partial charge on any atom is 0.314 e. The van der Waals surface area contributed by atoms with Crippen molar-refractivity contribution in [3.63, 3.8) is 0 Å². The van der Waals surface area contributed by atoms with Crippen molar-refractivity contribution in [1.82, 2.24) is 29.3 Å². The number of anilines is 2. The number of aryl methyl sites for hydroxylation is 6. The lowest BCUT2D eigenvalue weighted by atomic mass is 9.88. The van der Waals surface area contributed by atoms with Crippen LogP contribution in [0.15, 0.2) is 122 Å². The largest absolute Gasteiger partial charge is 0.462 e. The number of nitrogens with one attached hydrogen (secondary N) is 2. The van der Waals surface area contributed by atoms with Crippen molar-refractivity contribution in [2.45, 2.75) is 102 Å². The molecule has 4 aromatic heterocycles. The van der Waals surface area contributed by atoms with Crippen molar-refractivity contribution < 1.29 is 23.8 Å². The van der Waals surface area contributed by atoms with E-state index in [2.05, 4.69) is 41.1 Å². The van der Waals surface area contributed by atoms with Gasteiger partial charge in [-0.05, 0) is 111 Å². The van der Waals surface area contributed by atoms with Crippen LogP contribution in [0.2, 0.25) is 0 Å². The second kappa shape index (κ2) is 21.3. The van der Waals surface area contributed by atoms with Crippen molar-refractivity contribution in [3.05, 3.63) is 167 Å². The molecular weight excluding hydrogens is 817 g/mol. The van der Waals surface area contributed by atoms with Gasteiger partial charge in [0, 0.05) is 55.3 Å². The molecule has 13 heteroatoms. The van der Waals surface area contributed by atoms with Crippen LogP contribution in [-0.2, 0) is 75.3 Å². The Morgan fingerprint density at radius 2 is 1.37 bits per heavy atom. The minimum atomic E-state index is -0.596. The third kappa shape index (κ3) is 11.7. The highest BCUT2D eigenvalue weighted by Gasteiger charge is 2.34. The van der Waals surface area contributed by atoms with Crippen LogP contribution in [0.1, 0.15) is 95.5 Å². The molecule has 0 spiro atoms. The molecule has 2 N–H and O–H groups in total. The standard InChI is InChI=1S/C52H58N8O5/c61-48(65-49(62)31-42(38-13-5-2-6-14-38)32-59-33-46(55-35-59)20-8-18-44-24-22-40-16-10-27-54-52(40)57-44)30-41(29-37-11-3-1-4-12-37)50(47-34-63-36-64-47)60-28-25-45(58-60)19-7-17-43-23-21-39-15-9-26-53-51(39)56-43/h1-6,11-14,21-25,28,33-35,41-42,50H,7-10,15-20,26-27,29-32,36H2,(H,53,56)(H,54,57). The van der Waals surface area contributed by atoms with Crippen LogP contribution in [0.4, 0.5) is 11.6 Å². The molecule has 7 heterocycles. The van der Waals surface area contributed by atoms with E-state index in [9.17, 15) is 9.59 Å². The fraction of sp³-hybridized carbons (Fsp3) is 0.385. The van der Waals surface area contributed by atoms with E-state index < -0.39 is 18.0 Å². The number of nitrogens with zero attached hydrogens (tertiary/aromatic N) is 6. The van der Waals surface area contributed by atoms with Gasteiger partial charge in [0.25, 0.3) is 0 Å². The van der Waals surface area contributed by atoms with Crippen LogP contribution in [0.3, 0.4) is 0 Å². The number of aromatic nitrogens is 6. The van der Waals surface area contributed by atoms with E-state index in [-0.39, 0.29) is 31.5 Å². The molecule has 65 heavy (non-hydrogen) atoms. The third-order valence-corrected chi connectivity index (χ3v) is 12.6. The van der Waals surface area contributed by atoms with Crippen LogP contribution in [-0.4, -0.2) is 61.1 Å². The molecule has 0 amide bonds. The molecular formula is C52H58N8O5. The number of benzene rings is 2. The van der Waals surface area contributed by atoms with Gasteiger partial charge in [0.1, 0.15) is 23.9 Å². The number of pyridine rings is 2. The Bertz CT molecular complexity index is 2550. The fourth-order valence-electron chi connectivity index (χ4n) is 9.31. The summed E-state index contributed by atoms with van der Waals surface area (Å²) in [6.07, 6.45) is 17.4. The Morgan fingerprint density at radius 1 is 0.723 bits per heavy atom. The maximum atomic E-state index is 13.9. The summed E-state index contributed by atoms with van der Waals surface area (Å²) in [7, 11) is 0. The molecule has 336 valence electrons. The average Bonchev–Trinajstić information content (AvgIpc) is 4.14. The number of hydrogen-bond donors (Lipinski definition) is 2. The number of imidazole rings is 1. The minimum Gasteiger partial charge on any atom is -0.462 e. The third-order valence-electron chi connectivity index (χ3n) is 12.6. The monoisotopic (exact) mass is 874 g/mol. The second-order valence-electron chi connectivity index (χ2n) is 17.4. The molecule has 0 aliphatic carbocycles. The van der Waals surface area contributed by atoms with E-state index >= 15 is 0 Å². The molecule has 0 fully saturated rings. The summed E-state index contributed by atoms with van der Waals surface area (Å²) in [4.78, 5) is 42.1. The highest BCUT2D eigenvalue weighted by atomic mass is 16.7. The quantitative estimate of drug-likeness (QED) is 0.0562. The normalized spacial score (nSPS) is 15.5. The topological polar surface area (TPSA) is 147 Å². The number of ether oxygens (including phenoxy) is 3. The summed E-state index contributed by atoms with van der Waals surface area (Å²) in [6.45, 7) is 2.52. The van der Waals surface area contributed by atoms with Crippen molar-refractivity contribution in [1.29, 1.82) is 0 Å².